The van der Waals surface area contributed by atoms with Gasteiger partial charge in [0.2, 0.25) is 5.91 Å². The second-order valence-corrected chi connectivity index (χ2v) is 7.05. The molecular formula is C19H31N3O4. The van der Waals surface area contributed by atoms with Crippen molar-refractivity contribution in [1.82, 2.24) is 14.7 Å². The summed E-state index contributed by atoms with van der Waals surface area (Å²) in [7, 11) is 3.41. The fourth-order valence-corrected chi connectivity index (χ4v) is 3.01. The third kappa shape index (κ3) is 5.49. The first-order chi connectivity index (χ1) is 12.4. The van der Waals surface area contributed by atoms with Crippen LogP contribution in [-0.2, 0) is 16.1 Å². The van der Waals surface area contributed by atoms with Crippen LogP contribution in [0.2, 0.25) is 0 Å². The van der Waals surface area contributed by atoms with E-state index in [-0.39, 0.29) is 30.6 Å². The van der Waals surface area contributed by atoms with Crippen LogP contribution in [0.1, 0.15) is 38.9 Å². The topological polar surface area (TPSA) is 66.2 Å². The van der Waals surface area contributed by atoms with Crippen LogP contribution >= 0.6 is 0 Å². The molecule has 2 heterocycles. The number of urea groups is 1. The molecule has 1 aromatic rings. The van der Waals surface area contributed by atoms with Crippen molar-refractivity contribution >= 4 is 11.9 Å². The summed E-state index contributed by atoms with van der Waals surface area (Å²) in [5.74, 6) is 0.637. The predicted molar refractivity (Wildman–Crippen MR) is 98.6 cm³/mol. The molecule has 1 aliphatic rings. The van der Waals surface area contributed by atoms with E-state index in [1.165, 1.54) is 4.90 Å². The lowest BCUT2D eigenvalue weighted by Gasteiger charge is -2.33. The van der Waals surface area contributed by atoms with Crippen LogP contribution in [0.5, 0.6) is 0 Å². The molecule has 0 aromatic carbocycles. The quantitative estimate of drug-likeness (QED) is 0.710. The third-order valence-electron chi connectivity index (χ3n) is 4.78. The van der Waals surface area contributed by atoms with Crippen LogP contribution in [0.4, 0.5) is 4.79 Å². The molecule has 0 bridgehead atoms. The number of hydrogen-bond donors (Lipinski definition) is 0. The highest BCUT2D eigenvalue weighted by atomic mass is 16.5. The molecule has 0 aliphatic carbocycles. The Hall–Kier alpha value is -2.02. The van der Waals surface area contributed by atoms with Gasteiger partial charge in [0, 0.05) is 33.3 Å². The molecule has 2 rings (SSSR count). The molecule has 0 radical (unpaired) electrons. The average Bonchev–Trinajstić information content (AvgIpc) is 3.31. The minimum absolute atomic E-state index is 0.0120. The summed E-state index contributed by atoms with van der Waals surface area (Å²) in [5, 5.41) is 0. The zero-order valence-corrected chi connectivity index (χ0v) is 16.3. The average molecular weight is 365 g/mol. The van der Waals surface area contributed by atoms with Crippen molar-refractivity contribution in [2.45, 2.75) is 51.8 Å². The first kappa shape index (κ1) is 20.3. The van der Waals surface area contributed by atoms with Crippen LogP contribution in [-0.4, -0.2) is 72.6 Å². The Labute approximate surface area is 155 Å². The highest BCUT2D eigenvalue weighted by Crippen LogP contribution is 2.16. The molecule has 0 unspecified atom stereocenters. The summed E-state index contributed by atoms with van der Waals surface area (Å²) in [6, 6.07) is 3.50. The van der Waals surface area contributed by atoms with Gasteiger partial charge in [0.15, 0.2) is 0 Å². The molecule has 26 heavy (non-hydrogen) atoms. The zero-order chi connectivity index (χ0) is 19.1. The molecule has 1 aliphatic heterocycles. The Bertz CT molecular complexity index is 567. The fraction of sp³-hybridized carbons (Fsp3) is 0.684. The highest BCUT2D eigenvalue weighted by Gasteiger charge is 2.28. The van der Waals surface area contributed by atoms with Gasteiger partial charge in [0.25, 0.3) is 0 Å². The van der Waals surface area contributed by atoms with E-state index in [4.69, 9.17) is 9.15 Å². The standard InChI is InChI=1S/C19H31N3O4/c1-5-15(2)22(19(24)20(3)4)14-18(23)21(12-16-8-6-10-25-16)13-17-9-7-11-26-17/h6,8,10,15,17H,5,7,9,11-14H2,1-4H3/t15-,17+/m0/s1. The second kappa shape index (κ2) is 9.62. The number of carbonyl (C=O) groups is 2. The van der Waals surface area contributed by atoms with Crippen molar-refractivity contribution in [2.75, 3.05) is 33.8 Å². The molecule has 0 saturated carbocycles. The van der Waals surface area contributed by atoms with Crippen molar-refractivity contribution in [1.29, 1.82) is 0 Å². The summed E-state index contributed by atoms with van der Waals surface area (Å²) in [5.41, 5.74) is 0. The maximum atomic E-state index is 13.0. The van der Waals surface area contributed by atoms with Crippen LogP contribution < -0.4 is 0 Å². The smallest absolute Gasteiger partial charge is 0.320 e. The number of ether oxygens (including phenoxy) is 1. The predicted octanol–water partition coefficient (Wildman–Crippen LogP) is 2.57. The van der Waals surface area contributed by atoms with Crippen molar-refractivity contribution in [3.63, 3.8) is 0 Å². The van der Waals surface area contributed by atoms with E-state index in [1.54, 1.807) is 30.2 Å². The van der Waals surface area contributed by atoms with E-state index in [9.17, 15) is 9.59 Å². The molecule has 1 saturated heterocycles. The molecule has 7 nitrogen and oxygen atoms in total. The SMILES string of the molecule is CC[C@H](C)N(CC(=O)N(Cc1ccco1)C[C@H]1CCCO1)C(=O)N(C)C. The number of amides is 3. The van der Waals surface area contributed by atoms with Gasteiger partial charge in [0.1, 0.15) is 12.3 Å². The van der Waals surface area contributed by atoms with Gasteiger partial charge in [-0.3, -0.25) is 4.79 Å². The molecule has 146 valence electrons. The summed E-state index contributed by atoms with van der Waals surface area (Å²) in [6.45, 7) is 5.68. The summed E-state index contributed by atoms with van der Waals surface area (Å²) in [6.07, 6.45) is 4.41. The first-order valence-electron chi connectivity index (χ1n) is 9.32. The van der Waals surface area contributed by atoms with E-state index >= 15 is 0 Å². The molecule has 2 atom stereocenters. The lowest BCUT2D eigenvalue weighted by atomic mass is 10.2. The van der Waals surface area contributed by atoms with Gasteiger partial charge in [0.05, 0.1) is 18.9 Å². The maximum absolute atomic E-state index is 13.0. The van der Waals surface area contributed by atoms with E-state index in [2.05, 4.69) is 0 Å². The fourth-order valence-electron chi connectivity index (χ4n) is 3.01. The van der Waals surface area contributed by atoms with E-state index < -0.39 is 0 Å². The summed E-state index contributed by atoms with van der Waals surface area (Å²) >= 11 is 0. The zero-order valence-electron chi connectivity index (χ0n) is 16.3. The Kier molecular flexibility index (Phi) is 7.50. The van der Waals surface area contributed by atoms with Gasteiger partial charge >= 0.3 is 6.03 Å². The van der Waals surface area contributed by atoms with Crippen molar-refractivity contribution < 1.29 is 18.7 Å². The third-order valence-corrected chi connectivity index (χ3v) is 4.78. The van der Waals surface area contributed by atoms with Crippen LogP contribution in [0, 0.1) is 0 Å². The van der Waals surface area contributed by atoms with Gasteiger partial charge < -0.3 is 23.9 Å². The molecular weight excluding hydrogens is 334 g/mol. The molecule has 0 N–H and O–H groups in total. The minimum Gasteiger partial charge on any atom is -0.467 e. The Morgan fingerprint density at radius 1 is 1.35 bits per heavy atom. The Morgan fingerprint density at radius 3 is 2.65 bits per heavy atom. The number of nitrogens with zero attached hydrogens (tertiary/aromatic N) is 3. The lowest BCUT2D eigenvalue weighted by molar-refractivity contribution is -0.134. The number of carbonyl (C=O) groups excluding carboxylic acids is 2. The highest BCUT2D eigenvalue weighted by molar-refractivity contribution is 5.84. The summed E-state index contributed by atoms with van der Waals surface area (Å²) in [4.78, 5) is 30.4. The molecule has 3 amide bonds. The first-order valence-corrected chi connectivity index (χ1v) is 9.32. The van der Waals surface area contributed by atoms with Crippen molar-refractivity contribution in [2.24, 2.45) is 0 Å². The summed E-state index contributed by atoms with van der Waals surface area (Å²) < 4.78 is 11.1. The van der Waals surface area contributed by atoms with Gasteiger partial charge in [-0.25, -0.2) is 4.79 Å². The Morgan fingerprint density at radius 2 is 2.12 bits per heavy atom. The van der Waals surface area contributed by atoms with Gasteiger partial charge in [-0.1, -0.05) is 6.92 Å². The van der Waals surface area contributed by atoms with Gasteiger partial charge in [-0.05, 0) is 38.3 Å². The largest absolute Gasteiger partial charge is 0.467 e. The van der Waals surface area contributed by atoms with Gasteiger partial charge in [-0.2, -0.15) is 0 Å². The minimum atomic E-state index is -0.150. The number of rotatable bonds is 8. The monoisotopic (exact) mass is 365 g/mol. The lowest BCUT2D eigenvalue weighted by Crippen LogP contribution is -2.50. The van der Waals surface area contributed by atoms with Crippen LogP contribution in [0.25, 0.3) is 0 Å². The molecule has 1 fully saturated rings. The number of hydrogen-bond acceptors (Lipinski definition) is 4. The van der Waals surface area contributed by atoms with Crippen LogP contribution in [0.3, 0.4) is 0 Å². The van der Waals surface area contributed by atoms with E-state index in [0.29, 0.717) is 13.1 Å². The second-order valence-electron chi connectivity index (χ2n) is 7.05. The number of furan rings is 1. The van der Waals surface area contributed by atoms with Crippen molar-refractivity contribution in [3.8, 4) is 0 Å². The van der Waals surface area contributed by atoms with E-state index in [1.807, 2.05) is 26.0 Å². The van der Waals surface area contributed by atoms with E-state index in [0.717, 1.165) is 31.6 Å². The molecule has 0 spiro atoms. The maximum Gasteiger partial charge on any atom is 0.320 e. The normalized spacial score (nSPS) is 17.8. The Balaban J connectivity index is 2.10. The molecule has 7 heteroatoms. The van der Waals surface area contributed by atoms with Crippen molar-refractivity contribution in [3.05, 3.63) is 24.2 Å². The van der Waals surface area contributed by atoms with Crippen LogP contribution in [0.15, 0.2) is 22.8 Å². The molecule has 1 aromatic heterocycles. The van der Waals surface area contributed by atoms with Gasteiger partial charge in [-0.15, -0.1) is 0 Å².